The van der Waals surface area contributed by atoms with Crippen LogP contribution < -0.4 is 10.1 Å². The van der Waals surface area contributed by atoms with Crippen molar-refractivity contribution in [1.82, 2.24) is 15.1 Å². The summed E-state index contributed by atoms with van der Waals surface area (Å²) in [5, 5.41) is 2.95. The lowest BCUT2D eigenvalue weighted by Crippen LogP contribution is -2.38. The molecule has 1 aromatic rings. The van der Waals surface area contributed by atoms with Gasteiger partial charge in [-0.25, -0.2) is 0 Å². The largest absolute Gasteiger partial charge is 0.494 e. The molecule has 1 N–H and O–H groups in total. The Kier molecular flexibility index (Phi) is 11.8. The third-order valence-electron chi connectivity index (χ3n) is 5.50. The highest BCUT2D eigenvalue weighted by molar-refractivity contribution is 5.85. The van der Waals surface area contributed by atoms with Crippen LogP contribution in [0.25, 0.3) is 0 Å². The van der Waals surface area contributed by atoms with Crippen molar-refractivity contribution in [3.05, 3.63) is 29.3 Å². The first-order valence-corrected chi connectivity index (χ1v) is 10.2. The van der Waals surface area contributed by atoms with Crippen molar-refractivity contribution in [2.75, 3.05) is 52.9 Å². The molecular weight excluding hydrogens is 397 g/mol. The molecule has 28 heavy (non-hydrogen) atoms. The van der Waals surface area contributed by atoms with Crippen LogP contribution in [0.15, 0.2) is 18.2 Å². The normalized spacial score (nSPS) is 17.0. The highest BCUT2D eigenvalue weighted by Crippen LogP contribution is 2.22. The van der Waals surface area contributed by atoms with E-state index in [-0.39, 0.29) is 30.7 Å². The number of piperidine rings is 1. The number of likely N-dealkylation sites (tertiary alicyclic amines) is 1. The second-order valence-electron chi connectivity index (χ2n) is 7.45. The molecule has 2 aliphatic heterocycles. The number of nitrogens with zero attached hydrogens (tertiary/aromatic N) is 2. The molecular formula is C21H35Cl2N3O2. The van der Waals surface area contributed by atoms with Crippen LogP contribution in [-0.2, 0) is 17.6 Å². The van der Waals surface area contributed by atoms with Crippen LogP contribution >= 0.6 is 24.8 Å². The maximum atomic E-state index is 12.1. The van der Waals surface area contributed by atoms with E-state index < -0.39 is 0 Å². The predicted octanol–water partition coefficient (Wildman–Crippen LogP) is 2.93. The van der Waals surface area contributed by atoms with Crippen molar-refractivity contribution in [3.63, 3.8) is 0 Å². The quantitative estimate of drug-likeness (QED) is 0.673. The first-order valence-electron chi connectivity index (χ1n) is 10.2. The van der Waals surface area contributed by atoms with Crippen LogP contribution in [0.5, 0.6) is 5.75 Å². The van der Waals surface area contributed by atoms with Gasteiger partial charge in [0.15, 0.2) is 0 Å². The minimum absolute atomic E-state index is 0. The molecule has 2 aliphatic rings. The van der Waals surface area contributed by atoms with Crippen LogP contribution in [0.3, 0.4) is 0 Å². The fourth-order valence-corrected chi connectivity index (χ4v) is 3.96. The number of rotatable bonds is 7. The van der Waals surface area contributed by atoms with E-state index >= 15 is 0 Å². The van der Waals surface area contributed by atoms with Gasteiger partial charge in [-0.15, -0.1) is 24.8 Å². The Balaban J connectivity index is 0.00000196. The van der Waals surface area contributed by atoms with E-state index in [4.69, 9.17) is 4.74 Å². The van der Waals surface area contributed by atoms with Gasteiger partial charge in [-0.05, 0) is 75.5 Å². The number of hydrogen-bond acceptors (Lipinski definition) is 4. The molecule has 3 rings (SSSR count). The summed E-state index contributed by atoms with van der Waals surface area (Å²) in [6.07, 6.45) is 7.01. The number of benzene rings is 1. The number of carbonyl (C=O) groups excluding carboxylic acids is 1. The van der Waals surface area contributed by atoms with E-state index in [1.54, 1.807) is 0 Å². The molecule has 160 valence electrons. The maximum Gasteiger partial charge on any atom is 0.236 e. The highest BCUT2D eigenvalue weighted by Gasteiger charge is 2.18. The molecule has 0 bridgehead atoms. The molecule has 2 heterocycles. The van der Waals surface area contributed by atoms with Crippen molar-refractivity contribution in [2.45, 2.75) is 38.5 Å². The van der Waals surface area contributed by atoms with Gasteiger partial charge in [-0.1, -0.05) is 12.5 Å². The number of carbonyl (C=O) groups is 1. The Morgan fingerprint density at radius 1 is 1.04 bits per heavy atom. The van der Waals surface area contributed by atoms with E-state index in [0.717, 1.165) is 51.3 Å². The molecule has 1 saturated heterocycles. The van der Waals surface area contributed by atoms with Gasteiger partial charge in [0.2, 0.25) is 5.91 Å². The summed E-state index contributed by atoms with van der Waals surface area (Å²) in [4.78, 5) is 16.6. The number of fused-ring (bicyclic) bond motifs is 1. The minimum Gasteiger partial charge on any atom is -0.494 e. The van der Waals surface area contributed by atoms with Crippen LogP contribution in [0.4, 0.5) is 0 Å². The summed E-state index contributed by atoms with van der Waals surface area (Å²) >= 11 is 0. The third kappa shape index (κ3) is 7.43. The zero-order valence-corrected chi connectivity index (χ0v) is 18.6. The summed E-state index contributed by atoms with van der Waals surface area (Å²) in [5.41, 5.74) is 2.68. The molecule has 7 heteroatoms. The number of halogens is 2. The smallest absolute Gasteiger partial charge is 0.236 e. The van der Waals surface area contributed by atoms with E-state index in [9.17, 15) is 4.79 Å². The van der Waals surface area contributed by atoms with Crippen LogP contribution in [0, 0.1) is 0 Å². The highest BCUT2D eigenvalue weighted by atomic mass is 35.5. The second-order valence-corrected chi connectivity index (χ2v) is 7.45. The lowest BCUT2D eigenvalue weighted by Gasteiger charge is -2.26. The minimum atomic E-state index is 0. The zero-order valence-electron chi connectivity index (χ0n) is 17.0. The molecule has 1 amide bonds. The molecule has 5 nitrogen and oxygen atoms in total. The van der Waals surface area contributed by atoms with Crippen LogP contribution in [0.2, 0.25) is 0 Å². The Bertz CT molecular complexity index is 595. The molecule has 0 aromatic heterocycles. The van der Waals surface area contributed by atoms with Crippen molar-refractivity contribution in [2.24, 2.45) is 0 Å². The number of amides is 1. The number of likely N-dealkylation sites (N-methyl/N-ethyl adjacent to an activating group) is 1. The summed E-state index contributed by atoms with van der Waals surface area (Å²) in [5.74, 6) is 1.16. The van der Waals surface area contributed by atoms with Gasteiger partial charge >= 0.3 is 0 Å². The van der Waals surface area contributed by atoms with Crippen molar-refractivity contribution >= 4 is 30.7 Å². The standard InChI is InChI=1S/C21H33N3O2.2ClH/c1-22-17-21(25)24-13-8-18-6-7-20(16-19(18)9-14-24)26-15-5-12-23-10-3-2-4-11-23;;/h6-7,16,22H,2-5,8-15,17H2,1H3;2*1H. The summed E-state index contributed by atoms with van der Waals surface area (Å²) in [7, 11) is 1.82. The molecule has 0 spiro atoms. The van der Waals surface area contributed by atoms with Gasteiger partial charge < -0.3 is 19.9 Å². The Morgan fingerprint density at radius 2 is 1.75 bits per heavy atom. The first kappa shape index (κ1) is 25.0. The molecule has 0 saturated carbocycles. The maximum absolute atomic E-state index is 12.1. The van der Waals surface area contributed by atoms with E-state index in [1.807, 2.05) is 11.9 Å². The molecule has 0 atom stereocenters. The first-order chi connectivity index (χ1) is 12.8. The van der Waals surface area contributed by atoms with Crippen molar-refractivity contribution < 1.29 is 9.53 Å². The fourth-order valence-electron chi connectivity index (χ4n) is 3.96. The summed E-state index contributed by atoms with van der Waals surface area (Å²) in [6, 6.07) is 6.45. The third-order valence-corrected chi connectivity index (χ3v) is 5.50. The van der Waals surface area contributed by atoms with E-state index in [2.05, 4.69) is 28.4 Å². The SMILES string of the molecule is CNCC(=O)N1CCc2ccc(OCCCN3CCCCC3)cc2CC1.Cl.Cl. The number of nitrogens with one attached hydrogen (secondary N) is 1. The lowest BCUT2D eigenvalue weighted by molar-refractivity contribution is -0.130. The molecule has 1 aromatic carbocycles. The van der Waals surface area contributed by atoms with Gasteiger partial charge in [-0.2, -0.15) is 0 Å². The average Bonchev–Trinajstić information content (AvgIpc) is 2.88. The number of ether oxygens (including phenoxy) is 1. The van der Waals surface area contributed by atoms with Gasteiger partial charge in [0.05, 0.1) is 13.2 Å². The van der Waals surface area contributed by atoms with E-state index in [0.29, 0.717) is 6.54 Å². The topological polar surface area (TPSA) is 44.8 Å². The Hall–Kier alpha value is -1.01. The predicted molar refractivity (Wildman–Crippen MR) is 119 cm³/mol. The van der Waals surface area contributed by atoms with Crippen LogP contribution in [0.1, 0.15) is 36.8 Å². The Labute approximate surface area is 182 Å². The van der Waals surface area contributed by atoms with Gasteiger partial charge in [0.1, 0.15) is 5.75 Å². The van der Waals surface area contributed by atoms with Crippen molar-refractivity contribution in [3.8, 4) is 5.75 Å². The Morgan fingerprint density at radius 3 is 2.46 bits per heavy atom. The summed E-state index contributed by atoms with van der Waals surface area (Å²) in [6.45, 7) is 6.45. The zero-order chi connectivity index (χ0) is 18.2. The fraction of sp³-hybridized carbons (Fsp3) is 0.667. The lowest BCUT2D eigenvalue weighted by atomic mass is 10.0. The van der Waals surface area contributed by atoms with Gasteiger partial charge in [0.25, 0.3) is 0 Å². The van der Waals surface area contributed by atoms with Crippen molar-refractivity contribution in [1.29, 1.82) is 0 Å². The second kappa shape index (κ2) is 13.3. The molecule has 0 radical (unpaired) electrons. The number of hydrogen-bond donors (Lipinski definition) is 1. The monoisotopic (exact) mass is 431 g/mol. The average molecular weight is 432 g/mol. The van der Waals surface area contributed by atoms with Gasteiger partial charge in [0, 0.05) is 19.6 Å². The van der Waals surface area contributed by atoms with E-state index in [1.165, 1.54) is 43.5 Å². The molecule has 1 fully saturated rings. The summed E-state index contributed by atoms with van der Waals surface area (Å²) < 4.78 is 6.00. The molecule has 0 unspecified atom stereocenters. The molecule has 0 aliphatic carbocycles. The van der Waals surface area contributed by atoms with Gasteiger partial charge in [-0.3, -0.25) is 4.79 Å². The van der Waals surface area contributed by atoms with Crippen LogP contribution in [-0.4, -0.2) is 68.6 Å².